The Kier molecular flexibility index (Phi) is 6.37. The number of nitrogens with one attached hydrogen (secondary N) is 2. The molecule has 6 nitrogen and oxygen atoms in total. The summed E-state index contributed by atoms with van der Waals surface area (Å²) in [5.41, 5.74) is -0.257. The molecule has 0 aromatic heterocycles. The predicted molar refractivity (Wildman–Crippen MR) is 108 cm³/mol. The van der Waals surface area contributed by atoms with E-state index in [0.29, 0.717) is 18.8 Å². The van der Waals surface area contributed by atoms with Crippen LogP contribution in [-0.4, -0.2) is 37.8 Å². The maximum absolute atomic E-state index is 12.8. The van der Waals surface area contributed by atoms with Crippen LogP contribution in [0.5, 0.6) is 0 Å². The van der Waals surface area contributed by atoms with Crippen LogP contribution in [0.3, 0.4) is 0 Å². The number of carbonyl (C=O) groups is 1. The molecule has 0 bridgehead atoms. The summed E-state index contributed by atoms with van der Waals surface area (Å²) in [6, 6.07) is 9.58. The minimum Gasteiger partial charge on any atom is -0.374 e. The summed E-state index contributed by atoms with van der Waals surface area (Å²) in [4.78, 5) is 12.5. The predicted octanol–water partition coefficient (Wildman–Crippen LogP) is 3.93. The van der Waals surface area contributed by atoms with E-state index < -0.39 is 33.7 Å². The molecule has 1 aliphatic rings. The molecule has 1 heterocycles. The van der Waals surface area contributed by atoms with Gasteiger partial charge < -0.3 is 10.6 Å². The molecular weight excluding hydrogens is 419 g/mol. The number of nitrogens with zero attached hydrogens (tertiary/aromatic N) is 1. The maximum Gasteiger partial charge on any atom is 0.416 e. The molecule has 1 saturated heterocycles. The van der Waals surface area contributed by atoms with Gasteiger partial charge in [-0.3, -0.25) is 4.79 Å². The Bertz CT molecular complexity index is 1000. The fourth-order valence-corrected chi connectivity index (χ4v) is 4.66. The topological polar surface area (TPSA) is 78.5 Å². The van der Waals surface area contributed by atoms with Gasteiger partial charge in [0.25, 0.3) is 0 Å². The number of sulfonamides is 1. The van der Waals surface area contributed by atoms with Crippen LogP contribution in [0, 0.1) is 0 Å². The van der Waals surface area contributed by atoms with Gasteiger partial charge in [0.15, 0.2) is 0 Å². The van der Waals surface area contributed by atoms with Crippen molar-refractivity contribution in [3.8, 4) is 0 Å². The number of amides is 1. The fraction of sp³-hybridized carbons (Fsp3) is 0.350. The zero-order chi connectivity index (χ0) is 21.9. The third kappa shape index (κ3) is 5.11. The number of hydrogen-bond donors (Lipinski definition) is 2. The highest BCUT2D eigenvalue weighted by atomic mass is 32.2. The molecule has 0 saturated carbocycles. The monoisotopic (exact) mass is 441 g/mol. The summed E-state index contributed by atoms with van der Waals surface area (Å²) in [6.45, 7) is 2.51. The van der Waals surface area contributed by atoms with Crippen molar-refractivity contribution in [1.29, 1.82) is 0 Å². The molecule has 0 aliphatic carbocycles. The third-order valence-corrected chi connectivity index (χ3v) is 6.70. The summed E-state index contributed by atoms with van der Waals surface area (Å²) < 4.78 is 64.9. The van der Waals surface area contributed by atoms with Crippen molar-refractivity contribution >= 4 is 27.3 Å². The Morgan fingerprint density at radius 3 is 2.27 bits per heavy atom. The Labute approximate surface area is 173 Å². The Balaban J connectivity index is 1.63. The highest BCUT2D eigenvalue weighted by Crippen LogP contribution is 2.30. The average molecular weight is 441 g/mol. The first-order chi connectivity index (χ1) is 14.1. The first-order valence-corrected chi connectivity index (χ1v) is 10.9. The lowest BCUT2D eigenvalue weighted by molar-refractivity contribution is -0.137. The van der Waals surface area contributed by atoms with Gasteiger partial charge in [0.1, 0.15) is 6.04 Å². The van der Waals surface area contributed by atoms with E-state index in [1.807, 2.05) is 0 Å². The Morgan fingerprint density at radius 2 is 1.67 bits per heavy atom. The van der Waals surface area contributed by atoms with Crippen molar-refractivity contribution < 1.29 is 26.4 Å². The van der Waals surface area contributed by atoms with Crippen molar-refractivity contribution in [3.63, 3.8) is 0 Å². The normalized spacial score (nSPS) is 16.3. The quantitative estimate of drug-likeness (QED) is 0.712. The lowest BCUT2D eigenvalue weighted by atomic mass is 10.1. The van der Waals surface area contributed by atoms with Gasteiger partial charge >= 0.3 is 6.18 Å². The number of rotatable bonds is 6. The number of benzene rings is 2. The molecule has 1 fully saturated rings. The maximum atomic E-state index is 12.8. The van der Waals surface area contributed by atoms with Gasteiger partial charge in [0, 0.05) is 24.5 Å². The molecule has 1 unspecified atom stereocenters. The second-order valence-electron chi connectivity index (χ2n) is 7.07. The van der Waals surface area contributed by atoms with Crippen LogP contribution >= 0.6 is 0 Å². The summed E-state index contributed by atoms with van der Waals surface area (Å²) in [5, 5.41) is 5.36. The van der Waals surface area contributed by atoms with E-state index in [-0.39, 0.29) is 10.6 Å². The van der Waals surface area contributed by atoms with Gasteiger partial charge in [-0.1, -0.05) is 6.07 Å². The molecule has 2 aromatic carbocycles. The first kappa shape index (κ1) is 22.1. The molecular formula is C20H22F3N3O3S. The van der Waals surface area contributed by atoms with Gasteiger partial charge in [-0.05, 0) is 62.2 Å². The van der Waals surface area contributed by atoms with Crippen LogP contribution in [0.25, 0.3) is 0 Å². The van der Waals surface area contributed by atoms with Crippen LogP contribution in [0.15, 0.2) is 53.4 Å². The molecule has 162 valence electrons. The largest absolute Gasteiger partial charge is 0.416 e. The number of alkyl halides is 3. The molecule has 0 spiro atoms. The average Bonchev–Trinajstić information content (AvgIpc) is 3.23. The highest BCUT2D eigenvalue weighted by molar-refractivity contribution is 7.89. The van der Waals surface area contributed by atoms with E-state index in [1.54, 1.807) is 0 Å². The van der Waals surface area contributed by atoms with Crippen molar-refractivity contribution in [3.05, 3.63) is 54.1 Å². The van der Waals surface area contributed by atoms with E-state index >= 15 is 0 Å². The summed E-state index contributed by atoms with van der Waals surface area (Å²) in [6.07, 6.45) is -2.80. The smallest absolute Gasteiger partial charge is 0.374 e. The number of anilines is 2. The minimum absolute atomic E-state index is 0.150. The molecule has 1 aliphatic heterocycles. The van der Waals surface area contributed by atoms with Crippen LogP contribution in [0.2, 0.25) is 0 Å². The Hall–Kier alpha value is -2.59. The van der Waals surface area contributed by atoms with Crippen molar-refractivity contribution in [2.24, 2.45) is 0 Å². The zero-order valence-corrected chi connectivity index (χ0v) is 17.1. The number of carbonyl (C=O) groups excluding carboxylic acids is 1. The summed E-state index contributed by atoms with van der Waals surface area (Å²) in [5.74, 6) is -0.470. The van der Waals surface area contributed by atoms with E-state index in [9.17, 15) is 26.4 Å². The lowest BCUT2D eigenvalue weighted by Crippen LogP contribution is -2.32. The highest BCUT2D eigenvalue weighted by Gasteiger charge is 2.30. The molecule has 2 aromatic rings. The molecule has 1 amide bonds. The SMILES string of the molecule is CC(Nc1cccc(C(F)(F)F)c1)C(=O)Nc1ccc(S(=O)(=O)N2CCCC2)cc1. The Morgan fingerprint density at radius 1 is 1.03 bits per heavy atom. The van der Waals surface area contributed by atoms with E-state index in [1.165, 1.54) is 47.6 Å². The lowest BCUT2D eigenvalue weighted by Gasteiger charge is -2.17. The molecule has 3 rings (SSSR count). The molecule has 10 heteroatoms. The first-order valence-electron chi connectivity index (χ1n) is 9.42. The van der Waals surface area contributed by atoms with Crippen LogP contribution < -0.4 is 10.6 Å². The second-order valence-corrected chi connectivity index (χ2v) is 9.01. The van der Waals surface area contributed by atoms with Crippen LogP contribution in [-0.2, 0) is 21.0 Å². The molecule has 2 N–H and O–H groups in total. The van der Waals surface area contributed by atoms with Crippen molar-refractivity contribution in [1.82, 2.24) is 4.31 Å². The van der Waals surface area contributed by atoms with Gasteiger partial charge in [-0.2, -0.15) is 17.5 Å². The molecule has 1 atom stereocenters. The van der Waals surface area contributed by atoms with Crippen molar-refractivity contribution in [2.75, 3.05) is 23.7 Å². The zero-order valence-electron chi connectivity index (χ0n) is 16.2. The van der Waals surface area contributed by atoms with Gasteiger partial charge in [0.05, 0.1) is 10.5 Å². The summed E-state index contributed by atoms with van der Waals surface area (Å²) in [7, 11) is -3.54. The van der Waals surface area contributed by atoms with E-state index in [4.69, 9.17) is 0 Å². The molecule has 0 radical (unpaired) electrons. The third-order valence-electron chi connectivity index (χ3n) is 4.79. The van der Waals surface area contributed by atoms with E-state index in [0.717, 1.165) is 25.0 Å². The van der Waals surface area contributed by atoms with Crippen LogP contribution in [0.1, 0.15) is 25.3 Å². The van der Waals surface area contributed by atoms with Gasteiger partial charge in [0.2, 0.25) is 15.9 Å². The summed E-state index contributed by atoms with van der Waals surface area (Å²) >= 11 is 0. The number of halogens is 3. The van der Waals surface area contributed by atoms with E-state index in [2.05, 4.69) is 10.6 Å². The van der Waals surface area contributed by atoms with Gasteiger partial charge in [-0.25, -0.2) is 8.42 Å². The number of hydrogen-bond acceptors (Lipinski definition) is 4. The van der Waals surface area contributed by atoms with Crippen molar-refractivity contribution in [2.45, 2.75) is 36.9 Å². The second kappa shape index (κ2) is 8.65. The standard InChI is InChI=1S/C20H22F3N3O3S/c1-14(24-17-6-4-5-15(13-17)20(21,22)23)19(27)25-16-7-9-18(10-8-16)30(28,29)26-11-2-3-12-26/h4-10,13-14,24H,2-3,11-12H2,1H3,(H,25,27). The van der Waals surface area contributed by atoms with Gasteiger partial charge in [-0.15, -0.1) is 0 Å². The molecule has 30 heavy (non-hydrogen) atoms. The fourth-order valence-electron chi connectivity index (χ4n) is 3.14. The minimum atomic E-state index is -4.47. The van der Waals surface area contributed by atoms with Crippen LogP contribution in [0.4, 0.5) is 24.5 Å².